The summed E-state index contributed by atoms with van der Waals surface area (Å²) in [4.78, 5) is 16.0. The van der Waals surface area contributed by atoms with E-state index in [4.69, 9.17) is 4.52 Å². The van der Waals surface area contributed by atoms with Crippen LogP contribution in [-0.2, 0) is 11.2 Å². The molecule has 2 aromatic carbocycles. The van der Waals surface area contributed by atoms with E-state index in [1.165, 1.54) is 24.3 Å². The number of hydrogen-bond acceptors (Lipinski definition) is 4. The fourth-order valence-electron chi connectivity index (χ4n) is 2.28. The van der Waals surface area contributed by atoms with E-state index < -0.39 is 17.5 Å². The van der Waals surface area contributed by atoms with Gasteiger partial charge in [-0.3, -0.25) is 4.79 Å². The quantitative estimate of drug-likeness (QED) is 0.717. The predicted molar refractivity (Wildman–Crippen MR) is 87.6 cm³/mol. The molecule has 1 N–H and O–H groups in total. The van der Waals surface area contributed by atoms with Crippen LogP contribution in [0, 0.1) is 17.5 Å². The molecule has 0 aliphatic rings. The zero-order valence-corrected chi connectivity index (χ0v) is 13.5. The average Bonchev–Trinajstić information content (AvgIpc) is 3.08. The number of nitrogens with one attached hydrogen (secondary N) is 1. The highest BCUT2D eigenvalue weighted by Gasteiger charge is 2.11. The van der Waals surface area contributed by atoms with Crippen molar-refractivity contribution in [3.8, 4) is 11.4 Å². The molecule has 3 rings (SSSR count). The van der Waals surface area contributed by atoms with Gasteiger partial charge < -0.3 is 9.84 Å². The van der Waals surface area contributed by atoms with Gasteiger partial charge in [-0.2, -0.15) is 4.98 Å². The molecule has 0 spiro atoms. The molecule has 1 amide bonds. The Kier molecular flexibility index (Phi) is 5.31. The minimum atomic E-state index is -0.708. The number of anilines is 1. The summed E-state index contributed by atoms with van der Waals surface area (Å²) in [6.07, 6.45) is 0.797. The Hall–Kier alpha value is -3.16. The third-order valence-electron chi connectivity index (χ3n) is 3.57. The molecule has 0 fully saturated rings. The van der Waals surface area contributed by atoms with Crippen LogP contribution in [0.5, 0.6) is 0 Å². The van der Waals surface area contributed by atoms with Gasteiger partial charge in [-0.05, 0) is 42.8 Å². The second-order valence-corrected chi connectivity index (χ2v) is 5.54. The van der Waals surface area contributed by atoms with Crippen LogP contribution in [0.4, 0.5) is 18.9 Å². The van der Waals surface area contributed by atoms with Crippen LogP contribution in [-0.4, -0.2) is 16.0 Å². The van der Waals surface area contributed by atoms with Gasteiger partial charge in [0.25, 0.3) is 0 Å². The minimum absolute atomic E-state index is 0.0736. The van der Waals surface area contributed by atoms with E-state index in [1.54, 1.807) is 0 Å². The summed E-state index contributed by atoms with van der Waals surface area (Å²) in [6, 6.07) is 8.48. The predicted octanol–water partition coefficient (Wildman–Crippen LogP) is 4.12. The van der Waals surface area contributed by atoms with Gasteiger partial charge in [0.05, 0.1) is 5.69 Å². The minimum Gasteiger partial charge on any atom is -0.339 e. The Bertz CT molecular complexity index is 910. The van der Waals surface area contributed by atoms with Crippen LogP contribution < -0.4 is 5.32 Å². The number of nitrogens with zero attached hydrogens (tertiary/aromatic N) is 2. The summed E-state index contributed by atoms with van der Waals surface area (Å²) in [6.45, 7) is 0. The number of halogens is 3. The first-order chi connectivity index (χ1) is 12.5. The summed E-state index contributed by atoms with van der Waals surface area (Å²) in [7, 11) is 0. The van der Waals surface area contributed by atoms with Gasteiger partial charge in [-0.25, -0.2) is 13.2 Å². The molecule has 1 heterocycles. The maximum Gasteiger partial charge on any atom is 0.226 e. The number of carbonyl (C=O) groups excluding carboxylic acids is 1. The highest BCUT2D eigenvalue weighted by Crippen LogP contribution is 2.18. The van der Waals surface area contributed by atoms with Crippen molar-refractivity contribution in [2.24, 2.45) is 0 Å². The summed E-state index contributed by atoms with van der Waals surface area (Å²) in [5.74, 6) is -1.51. The lowest BCUT2D eigenvalue weighted by atomic mass is 10.2. The molecular weight excluding hydrogens is 347 g/mol. The van der Waals surface area contributed by atoms with Crippen molar-refractivity contribution < 1.29 is 22.5 Å². The molecule has 0 saturated heterocycles. The van der Waals surface area contributed by atoms with Crippen LogP contribution in [0.1, 0.15) is 18.7 Å². The van der Waals surface area contributed by atoms with Crippen LogP contribution in [0.15, 0.2) is 47.0 Å². The number of amides is 1. The first-order valence-corrected chi connectivity index (χ1v) is 7.85. The van der Waals surface area contributed by atoms with Crippen molar-refractivity contribution in [1.82, 2.24) is 10.1 Å². The van der Waals surface area contributed by atoms with E-state index >= 15 is 0 Å². The van der Waals surface area contributed by atoms with Crippen molar-refractivity contribution >= 4 is 11.6 Å². The van der Waals surface area contributed by atoms with Crippen molar-refractivity contribution in [3.63, 3.8) is 0 Å². The van der Waals surface area contributed by atoms with Gasteiger partial charge in [0, 0.05) is 24.5 Å². The number of hydrogen-bond donors (Lipinski definition) is 1. The second kappa shape index (κ2) is 7.81. The molecule has 0 aliphatic heterocycles. The SMILES string of the molecule is O=C(CCCc1nc(-c2ccc(F)cc2)no1)Nc1cc(F)ccc1F. The van der Waals surface area contributed by atoms with E-state index in [0.717, 1.165) is 18.2 Å². The molecule has 0 unspecified atom stereocenters. The molecule has 0 aliphatic carbocycles. The van der Waals surface area contributed by atoms with Crippen LogP contribution in [0.25, 0.3) is 11.4 Å². The standard InChI is InChI=1S/C18H14F3N3O2/c19-12-6-4-11(5-7-12)18-23-17(26-24-18)3-1-2-16(25)22-15-10-13(20)8-9-14(15)21/h4-10H,1-3H2,(H,22,25). The Morgan fingerprint density at radius 3 is 2.54 bits per heavy atom. The van der Waals surface area contributed by atoms with Crippen LogP contribution in [0.3, 0.4) is 0 Å². The third kappa shape index (κ3) is 4.47. The molecule has 8 heteroatoms. The molecule has 0 atom stereocenters. The normalized spacial score (nSPS) is 10.7. The maximum atomic E-state index is 13.5. The van der Waals surface area contributed by atoms with E-state index in [9.17, 15) is 18.0 Å². The van der Waals surface area contributed by atoms with Gasteiger partial charge in [-0.1, -0.05) is 5.16 Å². The van der Waals surface area contributed by atoms with Crippen LogP contribution >= 0.6 is 0 Å². The molecule has 26 heavy (non-hydrogen) atoms. The highest BCUT2D eigenvalue weighted by atomic mass is 19.1. The van der Waals surface area contributed by atoms with E-state index in [2.05, 4.69) is 15.5 Å². The van der Waals surface area contributed by atoms with Gasteiger partial charge in [0.1, 0.15) is 17.5 Å². The van der Waals surface area contributed by atoms with Crippen molar-refractivity contribution in [3.05, 3.63) is 65.8 Å². The fraction of sp³-hybridized carbons (Fsp3) is 0.167. The Balaban J connectivity index is 1.51. The number of aromatic nitrogens is 2. The fourth-order valence-corrected chi connectivity index (χ4v) is 2.28. The molecule has 1 aromatic heterocycles. The first-order valence-electron chi connectivity index (χ1n) is 7.85. The van der Waals surface area contributed by atoms with E-state index in [-0.39, 0.29) is 17.9 Å². The third-order valence-corrected chi connectivity index (χ3v) is 3.57. The summed E-state index contributed by atoms with van der Waals surface area (Å²) >= 11 is 0. The smallest absolute Gasteiger partial charge is 0.226 e. The highest BCUT2D eigenvalue weighted by molar-refractivity contribution is 5.90. The molecule has 0 saturated carbocycles. The molecule has 3 aromatic rings. The molecule has 5 nitrogen and oxygen atoms in total. The Morgan fingerprint density at radius 2 is 1.77 bits per heavy atom. The molecule has 134 valence electrons. The van der Waals surface area contributed by atoms with Crippen LogP contribution in [0.2, 0.25) is 0 Å². The number of rotatable bonds is 6. The second-order valence-electron chi connectivity index (χ2n) is 5.54. The lowest BCUT2D eigenvalue weighted by Gasteiger charge is -2.05. The van der Waals surface area contributed by atoms with E-state index in [1.807, 2.05) is 0 Å². The summed E-state index contributed by atoms with van der Waals surface area (Å²) in [5, 5.41) is 6.12. The van der Waals surface area contributed by atoms with E-state index in [0.29, 0.717) is 30.1 Å². The zero-order valence-electron chi connectivity index (χ0n) is 13.5. The van der Waals surface area contributed by atoms with Gasteiger partial charge >= 0.3 is 0 Å². The Morgan fingerprint density at radius 1 is 1.04 bits per heavy atom. The van der Waals surface area contributed by atoms with Gasteiger partial charge in [0.2, 0.25) is 17.6 Å². The molecular formula is C18H14F3N3O2. The number of benzene rings is 2. The monoisotopic (exact) mass is 361 g/mol. The van der Waals surface area contributed by atoms with Crippen molar-refractivity contribution in [2.75, 3.05) is 5.32 Å². The summed E-state index contributed by atoms with van der Waals surface area (Å²) < 4.78 is 44.5. The van der Waals surface area contributed by atoms with Crippen molar-refractivity contribution in [1.29, 1.82) is 0 Å². The largest absolute Gasteiger partial charge is 0.339 e. The van der Waals surface area contributed by atoms with Gasteiger partial charge in [-0.15, -0.1) is 0 Å². The first kappa shape index (κ1) is 17.7. The lowest BCUT2D eigenvalue weighted by molar-refractivity contribution is -0.116. The topological polar surface area (TPSA) is 68.0 Å². The number of carbonyl (C=O) groups is 1. The summed E-state index contributed by atoms with van der Waals surface area (Å²) in [5.41, 5.74) is 0.409. The average molecular weight is 361 g/mol. The maximum absolute atomic E-state index is 13.5. The Labute approximate surface area is 146 Å². The molecule has 0 bridgehead atoms. The molecule has 0 radical (unpaired) electrons. The zero-order chi connectivity index (χ0) is 18.5. The van der Waals surface area contributed by atoms with Gasteiger partial charge in [0.15, 0.2) is 0 Å². The lowest BCUT2D eigenvalue weighted by Crippen LogP contribution is -2.13. The number of aryl methyl sites for hydroxylation is 1. The van der Waals surface area contributed by atoms with Crippen molar-refractivity contribution in [2.45, 2.75) is 19.3 Å².